The number of carbonyl (C=O) groups is 2. The van der Waals surface area contributed by atoms with Crippen molar-refractivity contribution in [3.8, 4) is 0 Å². The predicted octanol–water partition coefficient (Wildman–Crippen LogP) is 4.78. The molecule has 36 heavy (non-hydrogen) atoms. The predicted molar refractivity (Wildman–Crippen MR) is 138 cm³/mol. The van der Waals surface area contributed by atoms with E-state index in [-0.39, 0.29) is 24.3 Å². The van der Waals surface area contributed by atoms with Crippen LogP contribution in [0.4, 0.5) is 0 Å². The zero-order valence-corrected chi connectivity index (χ0v) is 21.9. The van der Waals surface area contributed by atoms with Crippen molar-refractivity contribution in [2.24, 2.45) is 5.92 Å². The van der Waals surface area contributed by atoms with E-state index < -0.39 is 12.2 Å². The van der Waals surface area contributed by atoms with Gasteiger partial charge in [0, 0.05) is 38.7 Å². The van der Waals surface area contributed by atoms with Gasteiger partial charge in [-0.2, -0.15) is 0 Å². The van der Waals surface area contributed by atoms with E-state index in [9.17, 15) is 19.8 Å². The van der Waals surface area contributed by atoms with E-state index >= 15 is 0 Å². The maximum absolute atomic E-state index is 12.2. The van der Waals surface area contributed by atoms with Gasteiger partial charge in [-0.3, -0.25) is 9.59 Å². The number of carbonyl (C=O) groups excluding carboxylic acids is 2. The summed E-state index contributed by atoms with van der Waals surface area (Å²) in [5.41, 5.74) is 2.98. The summed E-state index contributed by atoms with van der Waals surface area (Å²) in [6.07, 6.45) is 8.50. The van der Waals surface area contributed by atoms with Gasteiger partial charge in [0.1, 0.15) is 5.76 Å². The Labute approximate surface area is 215 Å². The number of hydrogen-bond acceptors (Lipinski definition) is 7. The molecule has 7 nitrogen and oxygen atoms in total. The van der Waals surface area contributed by atoms with Crippen molar-refractivity contribution in [1.82, 2.24) is 0 Å². The number of rotatable bonds is 16. The molecule has 1 aliphatic rings. The second-order valence-corrected chi connectivity index (χ2v) is 9.37. The third kappa shape index (κ3) is 10.2. The smallest absolute Gasteiger partial charge is 0.310 e. The van der Waals surface area contributed by atoms with Gasteiger partial charge in [-0.1, -0.05) is 56.2 Å². The molecule has 200 valence electrons. The van der Waals surface area contributed by atoms with Crippen LogP contribution in [-0.4, -0.2) is 48.6 Å². The standard InChI is InChI=1S/C29H42O7/c1-4-10-29(33)36-27-19-26(31)24(25(27)13-7-5-6-8-14-28(32)35-3)16-15-23(30)18-21-11-9-12-22(17-21)20-34-2/h9,11-12,15-17,23-24,26,30-31H,4-8,10,13-14,18-20H2,1-3H3/t23-,24+,26+/m0/s1. The van der Waals surface area contributed by atoms with Gasteiger partial charge in [-0.15, -0.1) is 0 Å². The van der Waals surface area contributed by atoms with Crippen molar-refractivity contribution < 1.29 is 34.0 Å². The number of aliphatic hydroxyl groups is 2. The van der Waals surface area contributed by atoms with E-state index in [0.29, 0.717) is 44.5 Å². The molecule has 0 aromatic heterocycles. The first-order chi connectivity index (χ1) is 17.4. The van der Waals surface area contributed by atoms with Gasteiger partial charge < -0.3 is 24.4 Å². The highest BCUT2D eigenvalue weighted by Gasteiger charge is 2.33. The Hall–Kier alpha value is -2.48. The summed E-state index contributed by atoms with van der Waals surface area (Å²) in [6.45, 7) is 2.44. The van der Waals surface area contributed by atoms with Gasteiger partial charge in [0.15, 0.2) is 0 Å². The zero-order chi connectivity index (χ0) is 26.3. The number of benzene rings is 1. The van der Waals surface area contributed by atoms with E-state index in [2.05, 4.69) is 4.74 Å². The van der Waals surface area contributed by atoms with Crippen LogP contribution in [-0.2, 0) is 36.8 Å². The van der Waals surface area contributed by atoms with Gasteiger partial charge in [0.25, 0.3) is 0 Å². The van der Waals surface area contributed by atoms with Gasteiger partial charge >= 0.3 is 11.9 Å². The van der Waals surface area contributed by atoms with Gasteiger partial charge in [-0.05, 0) is 42.4 Å². The van der Waals surface area contributed by atoms with Crippen molar-refractivity contribution in [1.29, 1.82) is 0 Å². The summed E-state index contributed by atoms with van der Waals surface area (Å²) in [5.74, 6) is -0.224. The van der Waals surface area contributed by atoms with Crippen LogP contribution in [0.2, 0.25) is 0 Å². The van der Waals surface area contributed by atoms with Crippen molar-refractivity contribution in [3.63, 3.8) is 0 Å². The fourth-order valence-electron chi connectivity index (χ4n) is 4.53. The van der Waals surface area contributed by atoms with E-state index in [4.69, 9.17) is 9.47 Å². The second-order valence-electron chi connectivity index (χ2n) is 9.37. The molecule has 0 heterocycles. The Bertz CT molecular complexity index is 889. The summed E-state index contributed by atoms with van der Waals surface area (Å²) >= 11 is 0. The molecule has 7 heteroatoms. The van der Waals surface area contributed by atoms with E-state index in [1.807, 2.05) is 37.3 Å². The van der Waals surface area contributed by atoms with Crippen LogP contribution in [0.3, 0.4) is 0 Å². The summed E-state index contributed by atoms with van der Waals surface area (Å²) < 4.78 is 15.5. The fraction of sp³-hybridized carbons (Fsp3) is 0.586. The van der Waals surface area contributed by atoms with Crippen LogP contribution in [0, 0.1) is 5.92 Å². The largest absolute Gasteiger partial charge is 0.469 e. The Morgan fingerprint density at radius 1 is 1.08 bits per heavy atom. The number of ether oxygens (including phenoxy) is 3. The quantitative estimate of drug-likeness (QED) is 0.190. The summed E-state index contributed by atoms with van der Waals surface area (Å²) in [5, 5.41) is 21.4. The highest BCUT2D eigenvalue weighted by Crippen LogP contribution is 2.37. The molecule has 0 amide bonds. The SMILES string of the molecule is CCCC(=O)OC1=C(CCCCCCC(=O)OC)[C@@H](C=C[C@H](O)Cc2cccc(COC)c2)[C@H](O)C1. The summed E-state index contributed by atoms with van der Waals surface area (Å²) in [6, 6.07) is 7.92. The molecule has 0 bridgehead atoms. The molecule has 0 aliphatic heterocycles. The molecule has 2 rings (SSSR count). The number of hydrogen-bond donors (Lipinski definition) is 2. The van der Waals surface area contributed by atoms with E-state index in [1.54, 1.807) is 13.2 Å². The van der Waals surface area contributed by atoms with Crippen LogP contribution >= 0.6 is 0 Å². The summed E-state index contributed by atoms with van der Waals surface area (Å²) in [7, 11) is 3.04. The average Bonchev–Trinajstić information content (AvgIpc) is 3.13. The molecule has 1 aliphatic carbocycles. The monoisotopic (exact) mass is 502 g/mol. The number of methoxy groups -OCH3 is 2. The van der Waals surface area contributed by atoms with Crippen molar-refractivity contribution in [2.75, 3.05) is 14.2 Å². The number of esters is 2. The Morgan fingerprint density at radius 2 is 1.83 bits per heavy atom. The highest BCUT2D eigenvalue weighted by molar-refractivity contribution is 5.70. The molecule has 0 fully saturated rings. The Balaban J connectivity index is 2.03. The minimum absolute atomic E-state index is 0.198. The van der Waals surface area contributed by atoms with E-state index in [0.717, 1.165) is 42.4 Å². The molecule has 3 atom stereocenters. The maximum Gasteiger partial charge on any atom is 0.310 e. The summed E-state index contributed by atoms with van der Waals surface area (Å²) in [4.78, 5) is 23.4. The lowest BCUT2D eigenvalue weighted by molar-refractivity contribution is -0.141. The Morgan fingerprint density at radius 3 is 2.56 bits per heavy atom. The normalized spacial score (nSPS) is 18.6. The second kappa shape index (κ2) is 16.3. The number of aliphatic hydroxyl groups excluding tert-OH is 2. The zero-order valence-electron chi connectivity index (χ0n) is 21.9. The van der Waals surface area contributed by atoms with Crippen LogP contribution < -0.4 is 0 Å². The number of unbranched alkanes of at least 4 members (excludes halogenated alkanes) is 3. The van der Waals surface area contributed by atoms with Gasteiger partial charge in [0.2, 0.25) is 0 Å². The van der Waals surface area contributed by atoms with Crippen molar-refractivity contribution >= 4 is 11.9 Å². The molecule has 1 aromatic rings. The fourth-order valence-corrected chi connectivity index (χ4v) is 4.53. The van der Waals surface area contributed by atoms with Crippen molar-refractivity contribution in [2.45, 2.75) is 89.9 Å². The Kier molecular flexibility index (Phi) is 13.5. The lowest BCUT2D eigenvalue weighted by Crippen LogP contribution is -2.16. The molecule has 0 saturated heterocycles. The molecule has 0 radical (unpaired) electrons. The molecular formula is C29H42O7. The van der Waals surface area contributed by atoms with E-state index in [1.165, 1.54) is 7.11 Å². The lowest BCUT2D eigenvalue weighted by atomic mass is 9.93. The van der Waals surface area contributed by atoms with Gasteiger partial charge in [0.05, 0.1) is 25.9 Å². The minimum Gasteiger partial charge on any atom is -0.469 e. The highest BCUT2D eigenvalue weighted by atomic mass is 16.5. The third-order valence-electron chi connectivity index (χ3n) is 6.35. The van der Waals surface area contributed by atoms with Crippen LogP contribution in [0.15, 0.2) is 47.7 Å². The van der Waals surface area contributed by atoms with Crippen LogP contribution in [0.5, 0.6) is 0 Å². The first-order valence-electron chi connectivity index (χ1n) is 13.0. The molecule has 1 aromatic carbocycles. The first kappa shape index (κ1) is 29.7. The van der Waals surface area contributed by atoms with Crippen LogP contribution in [0.1, 0.15) is 75.8 Å². The minimum atomic E-state index is -0.707. The molecule has 0 unspecified atom stereocenters. The van der Waals surface area contributed by atoms with Crippen LogP contribution in [0.25, 0.3) is 0 Å². The first-order valence-corrected chi connectivity index (χ1v) is 13.0. The van der Waals surface area contributed by atoms with Crippen molar-refractivity contribution in [3.05, 3.63) is 58.9 Å². The maximum atomic E-state index is 12.2. The molecular weight excluding hydrogens is 460 g/mol. The molecule has 0 spiro atoms. The average molecular weight is 503 g/mol. The molecule has 0 saturated carbocycles. The van der Waals surface area contributed by atoms with Gasteiger partial charge in [-0.25, -0.2) is 0 Å². The lowest BCUT2D eigenvalue weighted by Gasteiger charge is -2.16. The topological polar surface area (TPSA) is 102 Å². The third-order valence-corrected chi connectivity index (χ3v) is 6.35. The molecule has 2 N–H and O–H groups in total.